The molecule has 2 aliphatic rings. The van der Waals surface area contributed by atoms with E-state index < -0.39 is 0 Å². The van der Waals surface area contributed by atoms with E-state index >= 15 is 0 Å². The first-order valence-corrected chi connectivity index (χ1v) is 12.0. The van der Waals surface area contributed by atoms with Gasteiger partial charge in [0.2, 0.25) is 0 Å². The van der Waals surface area contributed by atoms with Crippen molar-refractivity contribution < 1.29 is 4.74 Å². The largest absolute Gasteiger partial charge is 0.483 e. The number of para-hydroxylation sites is 1. The van der Waals surface area contributed by atoms with Gasteiger partial charge in [0.15, 0.2) is 0 Å². The van der Waals surface area contributed by atoms with Gasteiger partial charge in [-0.25, -0.2) is 4.99 Å². The molecule has 0 aromatic heterocycles. The van der Waals surface area contributed by atoms with E-state index in [0.29, 0.717) is 25.0 Å². The Labute approximate surface area is 191 Å². The predicted octanol–water partition coefficient (Wildman–Crippen LogP) is 6.10. The Morgan fingerprint density at radius 2 is 2.13 bits per heavy atom. The highest BCUT2D eigenvalue weighted by atomic mass is 32.2. The van der Waals surface area contributed by atoms with Crippen LogP contribution in [0.25, 0.3) is 0 Å². The molecule has 4 nitrogen and oxygen atoms in total. The third-order valence-corrected chi connectivity index (χ3v) is 7.08. The van der Waals surface area contributed by atoms with Crippen LogP contribution in [-0.4, -0.2) is 37.0 Å². The van der Waals surface area contributed by atoms with Gasteiger partial charge in [-0.3, -0.25) is 0 Å². The van der Waals surface area contributed by atoms with Crippen LogP contribution in [0.5, 0.6) is 5.75 Å². The van der Waals surface area contributed by atoms with E-state index in [2.05, 4.69) is 82.0 Å². The number of allylic oxidation sites excluding steroid dienone is 7. The van der Waals surface area contributed by atoms with Crippen LogP contribution < -0.4 is 10.5 Å². The number of nitrogens with zero attached hydrogens (tertiary/aromatic N) is 2. The highest BCUT2D eigenvalue weighted by Crippen LogP contribution is 2.46. The standard InChI is InChI=1S/C26H35N3OS/c1-6-10-22(25-19(5)18(4)13-14-20(25)7-2)31-23-12-9-11-21-26(23)28-24(17-30-21)29(8-3)16-15-27/h6-7,9-14,18-19H,8,15-17,27H2,1-5H3/b10-6-,20-7-,25-22+. The minimum atomic E-state index is 0.449. The summed E-state index contributed by atoms with van der Waals surface area (Å²) >= 11 is 1.78. The number of aliphatic imine (C=N–C) groups is 1. The number of hydrogen-bond donors (Lipinski definition) is 1. The fourth-order valence-electron chi connectivity index (χ4n) is 4.01. The number of benzene rings is 1. The molecular formula is C26H35N3OS. The van der Waals surface area contributed by atoms with Gasteiger partial charge in [0.05, 0.1) is 0 Å². The van der Waals surface area contributed by atoms with Crippen molar-refractivity contribution in [3.8, 4) is 5.75 Å². The molecule has 0 spiro atoms. The first-order valence-electron chi connectivity index (χ1n) is 11.2. The lowest BCUT2D eigenvalue weighted by Crippen LogP contribution is -2.39. The van der Waals surface area contributed by atoms with E-state index in [0.717, 1.165) is 35.3 Å². The number of thioether (sulfide) groups is 1. The van der Waals surface area contributed by atoms with Crippen LogP contribution >= 0.6 is 11.8 Å². The van der Waals surface area contributed by atoms with Gasteiger partial charge in [0.1, 0.15) is 23.9 Å². The van der Waals surface area contributed by atoms with Gasteiger partial charge >= 0.3 is 0 Å². The molecule has 1 aromatic carbocycles. The van der Waals surface area contributed by atoms with Crippen molar-refractivity contribution in [1.29, 1.82) is 0 Å². The van der Waals surface area contributed by atoms with Crippen molar-refractivity contribution in [2.45, 2.75) is 39.5 Å². The number of amidine groups is 1. The zero-order valence-corrected chi connectivity index (χ0v) is 20.2. The van der Waals surface area contributed by atoms with Crippen LogP contribution in [0.2, 0.25) is 0 Å². The van der Waals surface area contributed by atoms with Crippen molar-refractivity contribution in [3.63, 3.8) is 0 Å². The van der Waals surface area contributed by atoms with E-state index in [9.17, 15) is 0 Å². The molecule has 1 heterocycles. The fourth-order valence-corrected chi connectivity index (χ4v) is 5.25. The average molecular weight is 438 g/mol. The molecule has 3 rings (SSSR count). The third kappa shape index (κ3) is 5.16. The molecule has 1 aliphatic heterocycles. The number of ether oxygens (including phenoxy) is 1. The van der Waals surface area contributed by atoms with Crippen LogP contribution in [0, 0.1) is 11.8 Å². The third-order valence-electron chi connectivity index (χ3n) is 5.95. The molecule has 2 N–H and O–H groups in total. The molecular weight excluding hydrogens is 402 g/mol. The maximum Gasteiger partial charge on any atom is 0.146 e. The Bertz CT molecular complexity index is 942. The Morgan fingerprint density at radius 3 is 2.81 bits per heavy atom. The van der Waals surface area contributed by atoms with Crippen molar-refractivity contribution >= 4 is 23.3 Å². The molecule has 5 heteroatoms. The zero-order chi connectivity index (χ0) is 22.4. The first-order chi connectivity index (χ1) is 15.0. The highest BCUT2D eigenvalue weighted by Gasteiger charge is 2.25. The van der Waals surface area contributed by atoms with E-state index in [1.807, 2.05) is 6.07 Å². The maximum atomic E-state index is 6.09. The second-order valence-electron chi connectivity index (χ2n) is 7.92. The molecule has 0 saturated heterocycles. The summed E-state index contributed by atoms with van der Waals surface area (Å²) in [6, 6.07) is 6.21. The Balaban J connectivity index is 2.07. The summed E-state index contributed by atoms with van der Waals surface area (Å²) in [6.45, 7) is 13.7. The topological polar surface area (TPSA) is 50.8 Å². The van der Waals surface area contributed by atoms with Crippen LogP contribution in [0.4, 0.5) is 5.69 Å². The molecule has 0 bridgehead atoms. The summed E-state index contributed by atoms with van der Waals surface area (Å²) in [6.07, 6.45) is 11.1. The SMILES string of the molecule is C\C=C/C(Sc1cccc2c1N=C(N(CC)CCN)CO2)=C1\C(=C/C)C=CC(C)C1C. The fraction of sp³-hybridized carbons (Fsp3) is 0.423. The minimum absolute atomic E-state index is 0.449. The molecule has 0 fully saturated rings. The number of fused-ring (bicyclic) bond motifs is 1. The summed E-state index contributed by atoms with van der Waals surface area (Å²) in [5, 5.41) is 0. The van der Waals surface area contributed by atoms with E-state index in [1.54, 1.807) is 11.8 Å². The predicted molar refractivity (Wildman–Crippen MR) is 134 cm³/mol. The van der Waals surface area contributed by atoms with E-state index in [4.69, 9.17) is 15.5 Å². The Hall–Kier alpha value is -2.24. The lowest BCUT2D eigenvalue weighted by molar-refractivity contribution is 0.334. The lowest BCUT2D eigenvalue weighted by atomic mass is 9.79. The molecule has 1 aliphatic carbocycles. The summed E-state index contributed by atoms with van der Waals surface area (Å²) in [5.74, 6) is 2.75. The molecule has 31 heavy (non-hydrogen) atoms. The molecule has 0 saturated carbocycles. The summed E-state index contributed by atoms with van der Waals surface area (Å²) < 4.78 is 6.09. The monoisotopic (exact) mass is 437 g/mol. The summed E-state index contributed by atoms with van der Waals surface area (Å²) in [7, 11) is 0. The summed E-state index contributed by atoms with van der Waals surface area (Å²) in [5.41, 5.74) is 9.42. The van der Waals surface area contributed by atoms with E-state index in [-0.39, 0.29) is 0 Å². The van der Waals surface area contributed by atoms with Crippen LogP contribution in [0.15, 0.2) is 74.5 Å². The molecule has 2 atom stereocenters. The van der Waals surface area contributed by atoms with Gasteiger partial charge in [-0.05, 0) is 55.9 Å². The molecule has 1 aromatic rings. The summed E-state index contributed by atoms with van der Waals surface area (Å²) in [4.78, 5) is 9.61. The average Bonchev–Trinajstić information content (AvgIpc) is 2.79. The highest BCUT2D eigenvalue weighted by molar-refractivity contribution is 8.03. The zero-order valence-electron chi connectivity index (χ0n) is 19.4. The van der Waals surface area contributed by atoms with Gasteiger partial charge in [-0.15, -0.1) is 0 Å². The van der Waals surface area contributed by atoms with Gasteiger partial charge in [-0.1, -0.05) is 62.1 Å². The van der Waals surface area contributed by atoms with Crippen molar-refractivity contribution in [2.75, 3.05) is 26.2 Å². The Morgan fingerprint density at radius 1 is 1.32 bits per heavy atom. The minimum Gasteiger partial charge on any atom is -0.483 e. The van der Waals surface area contributed by atoms with Crippen molar-refractivity contribution in [1.82, 2.24) is 4.90 Å². The number of rotatable bonds is 6. The Kier molecular flexibility index (Phi) is 8.22. The quantitative estimate of drug-likeness (QED) is 0.546. The molecule has 166 valence electrons. The molecule has 2 unspecified atom stereocenters. The van der Waals surface area contributed by atoms with Crippen LogP contribution in [0.3, 0.4) is 0 Å². The van der Waals surface area contributed by atoms with Gasteiger partial charge in [-0.2, -0.15) is 0 Å². The van der Waals surface area contributed by atoms with Crippen LogP contribution in [-0.2, 0) is 0 Å². The lowest BCUT2D eigenvalue weighted by Gasteiger charge is -2.29. The van der Waals surface area contributed by atoms with Gasteiger partial charge in [0.25, 0.3) is 0 Å². The van der Waals surface area contributed by atoms with Crippen molar-refractivity contribution in [2.24, 2.45) is 22.6 Å². The van der Waals surface area contributed by atoms with Crippen LogP contribution in [0.1, 0.15) is 34.6 Å². The van der Waals surface area contributed by atoms with Gasteiger partial charge in [0, 0.05) is 29.4 Å². The second kappa shape index (κ2) is 10.9. The second-order valence-corrected chi connectivity index (χ2v) is 9.00. The van der Waals surface area contributed by atoms with E-state index in [1.165, 1.54) is 16.1 Å². The number of nitrogens with two attached hydrogens (primary N) is 1. The number of likely N-dealkylation sites (N-methyl/N-ethyl adjacent to an activating group) is 1. The normalized spacial score (nSPS) is 23.5. The van der Waals surface area contributed by atoms with Crippen molar-refractivity contribution in [3.05, 3.63) is 64.6 Å². The van der Waals surface area contributed by atoms with Gasteiger partial charge < -0.3 is 15.4 Å². The maximum absolute atomic E-state index is 6.09. The molecule has 0 amide bonds. The number of hydrogen-bond acceptors (Lipinski definition) is 5. The molecule has 0 radical (unpaired) electrons. The smallest absolute Gasteiger partial charge is 0.146 e. The first kappa shape index (κ1) is 23.4.